The van der Waals surface area contributed by atoms with Gasteiger partial charge in [0, 0.05) is 6.54 Å². The van der Waals surface area contributed by atoms with Crippen molar-refractivity contribution in [3.05, 3.63) is 35.6 Å². The Labute approximate surface area is 105 Å². The molecule has 0 radical (unpaired) electrons. The van der Waals surface area contributed by atoms with E-state index in [2.05, 4.69) is 0 Å². The number of benzene rings is 1. The van der Waals surface area contributed by atoms with Crippen LogP contribution >= 0.6 is 0 Å². The highest BCUT2D eigenvalue weighted by molar-refractivity contribution is 5.66. The van der Waals surface area contributed by atoms with E-state index in [9.17, 15) is 19.4 Å². The van der Waals surface area contributed by atoms with Gasteiger partial charge in [0.25, 0.3) is 0 Å². The van der Waals surface area contributed by atoms with Gasteiger partial charge in [0.05, 0.1) is 12.1 Å². The zero-order chi connectivity index (χ0) is 13.3. The number of hydrogen-bond acceptors (Lipinski definition) is 2. The van der Waals surface area contributed by atoms with E-state index in [0.29, 0.717) is 18.5 Å². The van der Waals surface area contributed by atoms with E-state index in [-0.39, 0.29) is 11.7 Å². The molecule has 0 aromatic heterocycles. The molecule has 5 heteroatoms. The van der Waals surface area contributed by atoms with Crippen LogP contribution in [-0.2, 0) is 0 Å². The van der Waals surface area contributed by atoms with Gasteiger partial charge in [-0.1, -0.05) is 19.1 Å². The molecule has 1 aromatic rings. The van der Waals surface area contributed by atoms with Gasteiger partial charge in [-0.05, 0) is 30.0 Å². The van der Waals surface area contributed by atoms with Gasteiger partial charge < -0.3 is 15.1 Å². The third-order valence-corrected chi connectivity index (χ3v) is 3.48. The lowest BCUT2D eigenvalue weighted by atomic mass is 9.88. The Morgan fingerprint density at radius 3 is 2.56 bits per heavy atom. The molecule has 0 saturated carbocycles. The zero-order valence-electron chi connectivity index (χ0n) is 10.1. The summed E-state index contributed by atoms with van der Waals surface area (Å²) in [4.78, 5) is 12.5. The van der Waals surface area contributed by atoms with Crippen LogP contribution in [0.1, 0.15) is 24.9 Å². The largest absolute Gasteiger partial charge is 0.465 e. The van der Waals surface area contributed by atoms with Crippen LogP contribution in [0.4, 0.5) is 9.18 Å². The summed E-state index contributed by atoms with van der Waals surface area (Å²) < 4.78 is 12.9. The first-order chi connectivity index (χ1) is 8.49. The SMILES string of the molecule is C[C@@H]1CN(C(=O)O)[C@@H](c2ccc(F)cc2)CC1O. The molecule has 18 heavy (non-hydrogen) atoms. The maximum absolute atomic E-state index is 12.9. The summed E-state index contributed by atoms with van der Waals surface area (Å²) in [5.74, 6) is -0.442. The minimum Gasteiger partial charge on any atom is -0.465 e. The lowest BCUT2D eigenvalue weighted by Gasteiger charge is -2.39. The zero-order valence-corrected chi connectivity index (χ0v) is 10.1. The van der Waals surface area contributed by atoms with Gasteiger partial charge >= 0.3 is 6.09 Å². The molecule has 1 unspecified atom stereocenters. The summed E-state index contributed by atoms with van der Waals surface area (Å²) in [7, 11) is 0. The first kappa shape index (κ1) is 12.8. The van der Waals surface area contributed by atoms with Crippen molar-refractivity contribution in [2.45, 2.75) is 25.5 Å². The fourth-order valence-corrected chi connectivity index (χ4v) is 2.36. The second-order valence-electron chi connectivity index (χ2n) is 4.78. The summed E-state index contributed by atoms with van der Waals surface area (Å²) in [6.07, 6.45) is -1.20. The minimum absolute atomic E-state index is 0.0854. The number of nitrogens with zero attached hydrogens (tertiary/aromatic N) is 1. The number of carboxylic acid groups (broad SMARTS) is 1. The highest BCUT2D eigenvalue weighted by atomic mass is 19.1. The van der Waals surface area contributed by atoms with Crippen molar-refractivity contribution in [3.63, 3.8) is 0 Å². The van der Waals surface area contributed by atoms with E-state index in [0.717, 1.165) is 0 Å². The van der Waals surface area contributed by atoms with Gasteiger partial charge in [-0.2, -0.15) is 0 Å². The Bertz CT molecular complexity index is 434. The van der Waals surface area contributed by atoms with Crippen molar-refractivity contribution in [3.8, 4) is 0 Å². The summed E-state index contributed by atoms with van der Waals surface area (Å²) in [6, 6.07) is 5.34. The molecule has 1 aromatic carbocycles. The van der Waals surface area contributed by atoms with Crippen LogP contribution in [0.25, 0.3) is 0 Å². The Kier molecular flexibility index (Phi) is 3.52. The van der Waals surface area contributed by atoms with Gasteiger partial charge in [0.1, 0.15) is 5.82 Å². The Hall–Kier alpha value is -1.62. The average molecular weight is 253 g/mol. The smallest absolute Gasteiger partial charge is 0.407 e. The predicted molar refractivity (Wildman–Crippen MR) is 63.7 cm³/mol. The monoisotopic (exact) mass is 253 g/mol. The molecule has 2 N–H and O–H groups in total. The normalized spacial score (nSPS) is 28.2. The van der Waals surface area contributed by atoms with Crippen LogP contribution in [0.5, 0.6) is 0 Å². The van der Waals surface area contributed by atoms with Crippen LogP contribution in [0.3, 0.4) is 0 Å². The van der Waals surface area contributed by atoms with Crippen molar-refractivity contribution in [2.75, 3.05) is 6.54 Å². The maximum Gasteiger partial charge on any atom is 0.407 e. The molecule has 1 heterocycles. The number of aliphatic hydroxyl groups is 1. The third-order valence-electron chi connectivity index (χ3n) is 3.48. The standard InChI is InChI=1S/C13H16FNO3/c1-8-7-15(13(17)18)11(6-12(8)16)9-2-4-10(14)5-3-9/h2-5,8,11-12,16H,6-7H2,1H3,(H,17,18)/t8-,11-,12?/m1/s1. The van der Waals surface area contributed by atoms with Crippen molar-refractivity contribution in [1.82, 2.24) is 4.90 Å². The molecule has 3 atom stereocenters. The van der Waals surface area contributed by atoms with Crippen LogP contribution in [0.2, 0.25) is 0 Å². The number of aliphatic hydroxyl groups excluding tert-OH is 1. The summed E-state index contributed by atoms with van der Waals surface area (Å²) in [5, 5.41) is 19.1. The van der Waals surface area contributed by atoms with E-state index in [1.807, 2.05) is 6.92 Å². The number of piperidine rings is 1. The van der Waals surface area contributed by atoms with Gasteiger partial charge in [-0.3, -0.25) is 0 Å². The average Bonchev–Trinajstić information content (AvgIpc) is 2.33. The number of halogens is 1. The lowest BCUT2D eigenvalue weighted by molar-refractivity contribution is 0.00553. The van der Waals surface area contributed by atoms with E-state index < -0.39 is 18.2 Å². The molecule has 1 aliphatic rings. The summed E-state index contributed by atoms with van der Waals surface area (Å²) >= 11 is 0. The Balaban J connectivity index is 2.27. The first-order valence-electron chi connectivity index (χ1n) is 5.92. The maximum atomic E-state index is 12.9. The first-order valence-corrected chi connectivity index (χ1v) is 5.92. The van der Waals surface area contributed by atoms with Crippen molar-refractivity contribution in [1.29, 1.82) is 0 Å². The molecule has 0 aliphatic carbocycles. The van der Waals surface area contributed by atoms with Crippen molar-refractivity contribution < 1.29 is 19.4 Å². The van der Waals surface area contributed by atoms with Crippen LogP contribution < -0.4 is 0 Å². The molecule has 0 bridgehead atoms. The van der Waals surface area contributed by atoms with Crippen LogP contribution in [0.15, 0.2) is 24.3 Å². The van der Waals surface area contributed by atoms with Crippen molar-refractivity contribution in [2.24, 2.45) is 5.92 Å². The summed E-state index contributed by atoms with van der Waals surface area (Å²) in [6.45, 7) is 2.11. The quantitative estimate of drug-likeness (QED) is 0.807. The minimum atomic E-state index is -1.01. The highest BCUT2D eigenvalue weighted by Crippen LogP contribution is 2.33. The summed E-state index contributed by atoms with van der Waals surface area (Å²) in [5.41, 5.74) is 0.713. The van der Waals surface area contributed by atoms with Crippen LogP contribution in [0, 0.1) is 11.7 Å². The third kappa shape index (κ3) is 2.46. The molecule has 0 spiro atoms. The number of likely N-dealkylation sites (tertiary alicyclic amines) is 1. The van der Waals surface area contributed by atoms with Gasteiger partial charge in [0.15, 0.2) is 0 Å². The molecule has 1 fully saturated rings. The number of carbonyl (C=O) groups is 1. The molecule has 4 nitrogen and oxygen atoms in total. The van der Waals surface area contributed by atoms with Crippen LogP contribution in [-0.4, -0.2) is 33.9 Å². The Morgan fingerprint density at radius 2 is 2.00 bits per heavy atom. The van der Waals surface area contributed by atoms with Gasteiger partial charge in [-0.25, -0.2) is 9.18 Å². The van der Waals surface area contributed by atoms with Gasteiger partial charge in [0.2, 0.25) is 0 Å². The van der Waals surface area contributed by atoms with Crippen molar-refractivity contribution >= 4 is 6.09 Å². The molecule has 2 rings (SSSR count). The highest BCUT2D eigenvalue weighted by Gasteiger charge is 2.35. The second-order valence-corrected chi connectivity index (χ2v) is 4.78. The van der Waals surface area contributed by atoms with E-state index in [1.54, 1.807) is 12.1 Å². The molecular weight excluding hydrogens is 237 g/mol. The number of hydrogen-bond donors (Lipinski definition) is 2. The number of rotatable bonds is 1. The van der Waals surface area contributed by atoms with Gasteiger partial charge in [-0.15, -0.1) is 0 Å². The second kappa shape index (κ2) is 4.94. The molecule has 98 valence electrons. The molecular formula is C13H16FNO3. The van der Waals surface area contributed by atoms with E-state index >= 15 is 0 Å². The van der Waals surface area contributed by atoms with E-state index in [4.69, 9.17) is 0 Å². The fourth-order valence-electron chi connectivity index (χ4n) is 2.36. The number of amides is 1. The topological polar surface area (TPSA) is 60.8 Å². The molecule has 1 saturated heterocycles. The molecule has 1 aliphatic heterocycles. The fraction of sp³-hybridized carbons (Fsp3) is 0.462. The predicted octanol–water partition coefficient (Wildman–Crippen LogP) is 2.25. The lowest BCUT2D eigenvalue weighted by Crippen LogP contribution is -2.46. The van der Waals surface area contributed by atoms with E-state index in [1.165, 1.54) is 17.0 Å². The molecule has 1 amide bonds. The Morgan fingerprint density at radius 1 is 1.39 bits per heavy atom.